The summed E-state index contributed by atoms with van der Waals surface area (Å²) in [7, 11) is 0. The highest BCUT2D eigenvalue weighted by Crippen LogP contribution is 2.19. The molecule has 0 unspecified atom stereocenters. The van der Waals surface area contributed by atoms with Crippen LogP contribution in [-0.4, -0.2) is 16.1 Å². The number of hydrogen-bond donors (Lipinski definition) is 1. The minimum Gasteiger partial charge on any atom is -0.481 e. The van der Waals surface area contributed by atoms with E-state index in [1.807, 2.05) is 19.2 Å². The Hall–Kier alpha value is -1.90. The molecule has 0 atom stereocenters. The van der Waals surface area contributed by atoms with E-state index in [0.29, 0.717) is 6.42 Å². The maximum absolute atomic E-state index is 10.4. The lowest BCUT2D eigenvalue weighted by molar-refractivity contribution is -0.137. The predicted octanol–water partition coefficient (Wildman–Crippen LogP) is 2.95. The number of rotatable bonds is 4. The zero-order valence-corrected chi connectivity index (χ0v) is 9.81. The van der Waals surface area contributed by atoms with Crippen LogP contribution < -0.4 is 0 Å². The van der Waals surface area contributed by atoms with Crippen LogP contribution in [0.5, 0.6) is 0 Å². The van der Waals surface area contributed by atoms with Crippen LogP contribution in [0.25, 0.3) is 10.8 Å². The number of carbonyl (C=O) groups is 1. The molecule has 1 aromatic carbocycles. The summed E-state index contributed by atoms with van der Waals surface area (Å²) in [6.07, 6.45) is 3.52. The van der Waals surface area contributed by atoms with E-state index in [1.165, 1.54) is 10.9 Å². The van der Waals surface area contributed by atoms with E-state index in [0.717, 1.165) is 17.5 Å². The summed E-state index contributed by atoms with van der Waals surface area (Å²) in [4.78, 5) is 14.7. The van der Waals surface area contributed by atoms with Crippen molar-refractivity contribution in [3.63, 3.8) is 0 Å². The van der Waals surface area contributed by atoms with Gasteiger partial charge in [0.05, 0.1) is 0 Å². The lowest BCUT2D eigenvalue weighted by Gasteiger charge is -2.04. The molecule has 1 aromatic heterocycles. The van der Waals surface area contributed by atoms with Crippen molar-refractivity contribution >= 4 is 16.7 Å². The fraction of sp³-hybridized carbons (Fsp3) is 0.286. The Labute approximate surface area is 100 Å². The molecule has 0 bridgehead atoms. The molecule has 0 spiro atoms. The molecule has 0 amide bonds. The van der Waals surface area contributed by atoms with Gasteiger partial charge in [-0.1, -0.05) is 12.1 Å². The zero-order valence-electron chi connectivity index (χ0n) is 9.81. The smallest absolute Gasteiger partial charge is 0.303 e. The molecular formula is C14H15NO2. The summed E-state index contributed by atoms with van der Waals surface area (Å²) in [6, 6.07) is 8.23. The van der Waals surface area contributed by atoms with Crippen molar-refractivity contribution in [1.82, 2.24) is 4.98 Å². The molecule has 0 radical (unpaired) electrons. The number of aromatic nitrogens is 1. The number of aliphatic carboxylic acids is 1. The second-order valence-corrected chi connectivity index (χ2v) is 4.20. The summed E-state index contributed by atoms with van der Waals surface area (Å²) in [5.41, 5.74) is 2.19. The lowest BCUT2D eigenvalue weighted by Crippen LogP contribution is -1.96. The molecule has 3 nitrogen and oxygen atoms in total. The topological polar surface area (TPSA) is 50.2 Å². The van der Waals surface area contributed by atoms with Crippen LogP contribution in [0.3, 0.4) is 0 Å². The van der Waals surface area contributed by atoms with Gasteiger partial charge in [-0.15, -0.1) is 0 Å². The van der Waals surface area contributed by atoms with Crippen LogP contribution in [0.4, 0.5) is 0 Å². The third-order valence-corrected chi connectivity index (χ3v) is 2.89. The van der Waals surface area contributed by atoms with Crippen LogP contribution in [0.1, 0.15) is 24.1 Å². The van der Waals surface area contributed by atoms with Gasteiger partial charge in [0.2, 0.25) is 0 Å². The summed E-state index contributed by atoms with van der Waals surface area (Å²) in [5.74, 6) is -0.733. The summed E-state index contributed by atoms with van der Waals surface area (Å²) >= 11 is 0. The highest BCUT2D eigenvalue weighted by Gasteiger charge is 2.02. The first kappa shape index (κ1) is 11.6. The van der Waals surface area contributed by atoms with Crippen molar-refractivity contribution in [1.29, 1.82) is 0 Å². The minimum absolute atomic E-state index is 0.226. The summed E-state index contributed by atoms with van der Waals surface area (Å²) in [5, 5.41) is 10.9. The third-order valence-electron chi connectivity index (χ3n) is 2.89. The Morgan fingerprint density at radius 3 is 2.94 bits per heavy atom. The molecule has 0 aliphatic rings. The molecule has 17 heavy (non-hydrogen) atoms. The SMILES string of the molecule is Cc1nccc2ccc(CCCC(=O)O)cc12. The second-order valence-electron chi connectivity index (χ2n) is 4.20. The van der Waals surface area contributed by atoms with E-state index in [4.69, 9.17) is 5.11 Å². The number of carboxylic acids is 1. The molecule has 0 saturated carbocycles. The molecule has 3 heteroatoms. The fourth-order valence-corrected chi connectivity index (χ4v) is 1.96. The average Bonchev–Trinajstić information content (AvgIpc) is 2.30. The van der Waals surface area contributed by atoms with Crippen LogP contribution in [0.2, 0.25) is 0 Å². The maximum Gasteiger partial charge on any atom is 0.303 e. The number of hydrogen-bond acceptors (Lipinski definition) is 2. The van der Waals surface area contributed by atoms with Crippen LogP contribution in [0, 0.1) is 6.92 Å². The van der Waals surface area contributed by atoms with Gasteiger partial charge in [0.15, 0.2) is 0 Å². The number of benzene rings is 1. The summed E-state index contributed by atoms with van der Waals surface area (Å²) in [6.45, 7) is 1.99. The van der Waals surface area contributed by atoms with Gasteiger partial charge >= 0.3 is 5.97 Å². The molecule has 2 rings (SSSR count). The standard InChI is InChI=1S/C14H15NO2/c1-10-13-9-11(3-2-4-14(16)17)5-6-12(13)7-8-15-10/h5-9H,2-4H2,1H3,(H,16,17). The molecule has 88 valence electrons. The Balaban J connectivity index is 2.19. The lowest BCUT2D eigenvalue weighted by atomic mass is 10.0. The van der Waals surface area contributed by atoms with Gasteiger partial charge in [-0.25, -0.2) is 0 Å². The van der Waals surface area contributed by atoms with E-state index in [2.05, 4.69) is 23.2 Å². The van der Waals surface area contributed by atoms with Crippen molar-refractivity contribution in [3.05, 3.63) is 41.7 Å². The molecule has 2 aromatic rings. The first-order chi connectivity index (χ1) is 8.16. The highest BCUT2D eigenvalue weighted by molar-refractivity contribution is 5.84. The highest BCUT2D eigenvalue weighted by atomic mass is 16.4. The third kappa shape index (κ3) is 2.81. The van der Waals surface area contributed by atoms with Crippen molar-refractivity contribution in [3.8, 4) is 0 Å². The first-order valence-electron chi connectivity index (χ1n) is 5.73. The predicted molar refractivity (Wildman–Crippen MR) is 67.1 cm³/mol. The Morgan fingerprint density at radius 1 is 1.35 bits per heavy atom. The molecular weight excluding hydrogens is 214 g/mol. The number of aryl methyl sites for hydroxylation is 2. The minimum atomic E-state index is -0.733. The Kier molecular flexibility index (Phi) is 3.38. The number of pyridine rings is 1. The largest absolute Gasteiger partial charge is 0.481 e. The first-order valence-corrected chi connectivity index (χ1v) is 5.73. The molecule has 0 fully saturated rings. The van der Waals surface area contributed by atoms with Gasteiger partial charge in [-0.3, -0.25) is 9.78 Å². The molecule has 1 heterocycles. The quantitative estimate of drug-likeness (QED) is 0.876. The monoisotopic (exact) mass is 229 g/mol. The van der Waals surface area contributed by atoms with E-state index in [1.54, 1.807) is 0 Å². The normalized spacial score (nSPS) is 10.6. The average molecular weight is 229 g/mol. The van der Waals surface area contributed by atoms with Crippen molar-refractivity contribution in [2.45, 2.75) is 26.2 Å². The van der Waals surface area contributed by atoms with E-state index in [9.17, 15) is 4.79 Å². The van der Waals surface area contributed by atoms with E-state index >= 15 is 0 Å². The number of nitrogens with zero attached hydrogens (tertiary/aromatic N) is 1. The maximum atomic E-state index is 10.4. The zero-order chi connectivity index (χ0) is 12.3. The van der Waals surface area contributed by atoms with E-state index in [-0.39, 0.29) is 6.42 Å². The Morgan fingerprint density at radius 2 is 2.18 bits per heavy atom. The summed E-state index contributed by atoms with van der Waals surface area (Å²) < 4.78 is 0. The van der Waals surface area contributed by atoms with Gasteiger partial charge in [0.25, 0.3) is 0 Å². The fourth-order valence-electron chi connectivity index (χ4n) is 1.96. The molecule has 0 saturated heterocycles. The van der Waals surface area contributed by atoms with E-state index < -0.39 is 5.97 Å². The Bertz CT molecular complexity index is 549. The van der Waals surface area contributed by atoms with Gasteiger partial charge in [-0.2, -0.15) is 0 Å². The molecule has 1 N–H and O–H groups in total. The van der Waals surface area contributed by atoms with Gasteiger partial charge in [0, 0.05) is 23.7 Å². The van der Waals surface area contributed by atoms with Crippen molar-refractivity contribution in [2.75, 3.05) is 0 Å². The van der Waals surface area contributed by atoms with Crippen LogP contribution in [-0.2, 0) is 11.2 Å². The van der Waals surface area contributed by atoms with Gasteiger partial charge in [-0.05, 0) is 42.8 Å². The van der Waals surface area contributed by atoms with Gasteiger partial charge in [0.1, 0.15) is 0 Å². The van der Waals surface area contributed by atoms with Gasteiger partial charge < -0.3 is 5.11 Å². The number of fused-ring (bicyclic) bond motifs is 1. The molecule has 0 aliphatic carbocycles. The van der Waals surface area contributed by atoms with Crippen LogP contribution >= 0.6 is 0 Å². The second kappa shape index (κ2) is 4.95. The van der Waals surface area contributed by atoms with Crippen molar-refractivity contribution < 1.29 is 9.90 Å². The number of carboxylic acid groups (broad SMARTS) is 1. The van der Waals surface area contributed by atoms with Crippen molar-refractivity contribution in [2.24, 2.45) is 0 Å². The van der Waals surface area contributed by atoms with Crippen LogP contribution in [0.15, 0.2) is 30.5 Å². The molecule has 0 aliphatic heterocycles.